The summed E-state index contributed by atoms with van der Waals surface area (Å²) in [6, 6.07) is 30.3. The van der Waals surface area contributed by atoms with Crippen LogP contribution in [0.3, 0.4) is 0 Å². The van der Waals surface area contributed by atoms with Crippen LogP contribution in [0.2, 0.25) is 0 Å². The number of rotatable bonds is 4. The van der Waals surface area contributed by atoms with Crippen molar-refractivity contribution >= 4 is 46.6 Å². The molecule has 1 fully saturated rings. The number of carbonyl (C=O) groups excluding carboxylic acids is 2. The Kier molecular flexibility index (Phi) is 5.89. The van der Waals surface area contributed by atoms with Gasteiger partial charge in [-0.05, 0) is 80.2 Å². The van der Waals surface area contributed by atoms with Crippen LogP contribution >= 0.6 is 12.2 Å². The van der Waals surface area contributed by atoms with Crippen LogP contribution in [0.1, 0.15) is 17.0 Å². The quantitative estimate of drug-likeness (QED) is 0.211. The van der Waals surface area contributed by atoms with E-state index in [4.69, 9.17) is 12.2 Å². The van der Waals surface area contributed by atoms with Crippen molar-refractivity contribution in [2.24, 2.45) is 0 Å². The average Bonchev–Trinajstić information content (AvgIpc) is 3.16. The van der Waals surface area contributed by atoms with Crippen LogP contribution in [-0.4, -0.2) is 21.5 Å². The van der Waals surface area contributed by atoms with Gasteiger partial charge in [0.15, 0.2) is 5.11 Å². The molecule has 6 heteroatoms. The zero-order valence-corrected chi connectivity index (χ0v) is 20.2. The number of hydrogen-bond donors (Lipinski definition) is 0. The van der Waals surface area contributed by atoms with E-state index < -0.39 is 11.8 Å². The highest BCUT2D eigenvalue weighted by Gasteiger charge is 2.41. The first kappa shape index (κ1) is 22.5. The maximum absolute atomic E-state index is 13.7. The Morgan fingerprint density at radius 2 is 1.09 bits per heavy atom. The summed E-state index contributed by atoms with van der Waals surface area (Å²) in [6.45, 7) is 3.99. The molecule has 5 rings (SSSR count). The lowest BCUT2D eigenvalue weighted by Crippen LogP contribution is -2.56. The molecule has 1 aliphatic heterocycles. The van der Waals surface area contributed by atoms with E-state index >= 15 is 0 Å². The van der Waals surface area contributed by atoms with E-state index in [2.05, 4.69) is 4.57 Å². The van der Waals surface area contributed by atoms with Crippen LogP contribution in [0.15, 0.2) is 103 Å². The average molecular weight is 478 g/mol. The number of nitrogens with zero attached hydrogens (tertiary/aromatic N) is 3. The first-order valence-corrected chi connectivity index (χ1v) is 11.7. The molecule has 1 saturated heterocycles. The summed E-state index contributed by atoms with van der Waals surface area (Å²) in [7, 11) is 0. The summed E-state index contributed by atoms with van der Waals surface area (Å²) in [5.41, 5.74) is 5.04. The number of amides is 2. The molecule has 4 aromatic rings. The molecule has 0 atom stereocenters. The van der Waals surface area contributed by atoms with Gasteiger partial charge >= 0.3 is 0 Å². The number of aromatic nitrogens is 1. The van der Waals surface area contributed by atoms with Crippen LogP contribution in [-0.2, 0) is 9.59 Å². The lowest BCUT2D eigenvalue weighted by molar-refractivity contribution is -0.120. The van der Waals surface area contributed by atoms with Gasteiger partial charge in [0.2, 0.25) is 0 Å². The zero-order valence-electron chi connectivity index (χ0n) is 19.4. The normalized spacial score (nSPS) is 14.0. The van der Waals surface area contributed by atoms with E-state index in [1.54, 1.807) is 6.08 Å². The third-order valence-electron chi connectivity index (χ3n) is 6.06. The highest BCUT2D eigenvalue weighted by molar-refractivity contribution is 7.81. The minimum absolute atomic E-state index is 0.0552. The fraction of sp³-hybridized carbons (Fsp3) is 0.0690. The Morgan fingerprint density at radius 3 is 1.54 bits per heavy atom. The molecule has 5 nitrogen and oxygen atoms in total. The first-order valence-electron chi connectivity index (χ1n) is 11.3. The SMILES string of the molecule is Cc1cc(C=C2C(=O)N(c3ccccc3)C(=S)N(c3ccccc3)C2=O)c(C)n1-c1ccccc1. The highest BCUT2D eigenvalue weighted by atomic mass is 32.1. The van der Waals surface area contributed by atoms with Crippen molar-refractivity contribution in [3.05, 3.63) is 120 Å². The molecule has 0 spiro atoms. The molecule has 0 N–H and O–H groups in total. The fourth-order valence-corrected chi connectivity index (χ4v) is 4.78. The number of thiocarbonyl (C=S) groups is 1. The van der Waals surface area contributed by atoms with E-state index in [-0.39, 0.29) is 10.7 Å². The lowest BCUT2D eigenvalue weighted by atomic mass is 10.1. The van der Waals surface area contributed by atoms with Crippen molar-refractivity contribution in [3.8, 4) is 5.69 Å². The lowest BCUT2D eigenvalue weighted by Gasteiger charge is -2.36. The number of carbonyl (C=O) groups is 2. The molecule has 1 aromatic heterocycles. The van der Waals surface area contributed by atoms with Gasteiger partial charge in [-0.1, -0.05) is 54.6 Å². The highest BCUT2D eigenvalue weighted by Crippen LogP contribution is 2.31. The summed E-state index contributed by atoms with van der Waals surface area (Å²) >= 11 is 5.68. The maximum Gasteiger partial charge on any atom is 0.270 e. The first-order chi connectivity index (χ1) is 17.0. The molecule has 3 aromatic carbocycles. The Labute approximate surface area is 209 Å². The third kappa shape index (κ3) is 3.98. The molecule has 35 heavy (non-hydrogen) atoms. The second-order valence-corrected chi connectivity index (χ2v) is 8.66. The van der Waals surface area contributed by atoms with Crippen molar-refractivity contribution in [2.45, 2.75) is 13.8 Å². The van der Waals surface area contributed by atoms with Crippen molar-refractivity contribution in [1.82, 2.24) is 4.57 Å². The molecule has 0 aliphatic carbocycles. The molecule has 172 valence electrons. The molecule has 2 heterocycles. The second kappa shape index (κ2) is 9.16. The zero-order chi connectivity index (χ0) is 24.5. The van der Waals surface area contributed by atoms with Gasteiger partial charge in [-0.15, -0.1) is 0 Å². The predicted molar refractivity (Wildman–Crippen MR) is 144 cm³/mol. The van der Waals surface area contributed by atoms with E-state index in [0.29, 0.717) is 11.4 Å². The van der Waals surface area contributed by atoms with Gasteiger partial charge in [-0.25, -0.2) is 0 Å². The van der Waals surface area contributed by atoms with Gasteiger partial charge in [0.25, 0.3) is 11.8 Å². The fourth-order valence-electron chi connectivity index (χ4n) is 4.40. The summed E-state index contributed by atoms with van der Waals surface area (Å²) < 4.78 is 2.11. The molecular weight excluding hydrogens is 454 g/mol. The molecule has 2 amide bonds. The molecule has 0 bridgehead atoms. The predicted octanol–water partition coefficient (Wildman–Crippen LogP) is 5.84. The summed E-state index contributed by atoms with van der Waals surface area (Å²) in [5.74, 6) is -0.884. The number of para-hydroxylation sites is 3. The Bertz CT molecular complexity index is 1390. The standard InChI is InChI=1S/C29H23N3O2S/c1-20-18-22(21(2)30(20)23-12-6-3-7-13-23)19-26-27(33)31(24-14-8-4-9-15-24)29(35)32(28(26)34)25-16-10-5-11-17-25/h3-19H,1-2H3. The van der Waals surface area contributed by atoms with Crippen LogP contribution in [0.5, 0.6) is 0 Å². The van der Waals surface area contributed by atoms with Gasteiger partial charge in [-0.2, -0.15) is 0 Å². The largest absolute Gasteiger partial charge is 0.318 e. The van der Waals surface area contributed by atoms with Crippen LogP contribution in [0, 0.1) is 13.8 Å². The van der Waals surface area contributed by atoms with E-state index in [0.717, 1.165) is 22.6 Å². The van der Waals surface area contributed by atoms with Gasteiger partial charge in [0.05, 0.1) is 11.4 Å². The number of hydrogen-bond acceptors (Lipinski definition) is 3. The molecule has 0 saturated carbocycles. The Hall–Kier alpha value is -4.29. The topological polar surface area (TPSA) is 45.6 Å². The molecular formula is C29H23N3O2S. The minimum atomic E-state index is -0.442. The Morgan fingerprint density at radius 1 is 0.657 bits per heavy atom. The summed E-state index contributed by atoms with van der Waals surface area (Å²) in [4.78, 5) is 30.3. The van der Waals surface area contributed by atoms with E-state index in [1.807, 2.05) is 111 Å². The van der Waals surface area contributed by atoms with Crippen molar-refractivity contribution < 1.29 is 9.59 Å². The number of anilines is 2. The van der Waals surface area contributed by atoms with E-state index in [1.165, 1.54) is 9.80 Å². The van der Waals surface area contributed by atoms with Crippen molar-refractivity contribution in [2.75, 3.05) is 9.80 Å². The summed E-state index contributed by atoms with van der Waals surface area (Å²) in [6.07, 6.45) is 1.68. The molecule has 1 aliphatic rings. The van der Waals surface area contributed by atoms with Crippen molar-refractivity contribution in [3.63, 3.8) is 0 Å². The van der Waals surface area contributed by atoms with Gasteiger partial charge in [0.1, 0.15) is 5.57 Å². The second-order valence-electron chi connectivity index (χ2n) is 8.29. The number of aryl methyl sites for hydroxylation is 1. The molecule has 0 unspecified atom stereocenters. The van der Waals surface area contributed by atoms with Gasteiger partial charge in [0, 0.05) is 17.1 Å². The van der Waals surface area contributed by atoms with Gasteiger partial charge < -0.3 is 4.57 Å². The minimum Gasteiger partial charge on any atom is -0.318 e. The van der Waals surface area contributed by atoms with E-state index in [9.17, 15) is 9.59 Å². The third-order valence-corrected chi connectivity index (χ3v) is 6.43. The Balaban J connectivity index is 1.66. The smallest absolute Gasteiger partial charge is 0.270 e. The van der Waals surface area contributed by atoms with Gasteiger partial charge in [-0.3, -0.25) is 19.4 Å². The molecule has 0 radical (unpaired) electrons. The monoisotopic (exact) mass is 477 g/mol. The maximum atomic E-state index is 13.7. The van der Waals surface area contributed by atoms with Crippen molar-refractivity contribution in [1.29, 1.82) is 0 Å². The van der Waals surface area contributed by atoms with Crippen LogP contribution < -0.4 is 9.80 Å². The summed E-state index contributed by atoms with van der Waals surface area (Å²) in [5, 5.41) is 0.129. The number of benzene rings is 3. The van der Waals surface area contributed by atoms with Crippen LogP contribution in [0.25, 0.3) is 11.8 Å². The van der Waals surface area contributed by atoms with Crippen LogP contribution in [0.4, 0.5) is 11.4 Å².